The molecule has 0 bridgehead atoms. The predicted octanol–water partition coefficient (Wildman–Crippen LogP) is 4.94. The number of thiazole rings is 1. The van der Waals surface area contributed by atoms with Gasteiger partial charge in [0.05, 0.1) is 15.2 Å². The molecule has 4 rings (SSSR count). The molecular weight excluding hydrogens is 326 g/mol. The topological polar surface area (TPSA) is 28.2 Å². The Kier molecular flexibility index (Phi) is 4.63. The molecule has 3 heterocycles. The number of nitrogens with one attached hydrogen (secondary N) is 1. The number of hydrogen-bond acceptors (Lipinski definition) is 4. The highest BCUT2D eigenvalue weighted by atomic mass is 32.1. The van der Waals surface area contributed by atoms with Gasteiger partial charge in [-0.1, -0.05) is 13.0 Å². The largest absolute Gasteiger partial charge is 0.310 e. The Morgan fingerprint density at radius 3 is 2.80 bits per heavy atom. The van der Waals surface area contributed by atoms with Crippen molar-refractivity contribution in [2.24, 2.45) is 5.92 Å². The van der Waals surface area contributed by atoms with Crippen LogP contribution in [0.3, 0.4) is 0 Å². The summed E-state index contributed by atoms with van der Waals surface area (Å²) < 4.78 is 1.35. The minimum Gasteiger partial charge on any atom is -0.310 e. The second-order valence-electron chi connectivity index (χ2n) is 8.85. The molecule has 4 heteroatoms. The number of hydrogen-bond donors (Lipinski definition) is 1. The van der Waals surface area contributed by atoms with Crippen molar-refractivity contribution in [2.45, 2.75) is 64.0 Å². The van der Waals surface area contributed by atoms with E-state index in [1.54, 1.807) is 0 Å². The second kappa shape index (κ2) is 6.64. The van der Waals surface area contributed by atoms with Gasteiger partial charge in [0.15, 0.2) is 0 Å². The zero-order valence-corrected chi connectivity index (χ0v) is 16.8. The van der Waals surface area contributed by atoms with Gasteiger partial charge in [-0.2, -0.15) is 0 Å². The molecule has 3 nitrogen and oxygen atoms in total. The van der Waals surface area contributed by atoms with Crippen molar-refractivity contribution in [3.63, 3.8) is 0 Å². The number of aromatic nitrogens is 1. The van der Waals surface area contributed by atoms with Crippen molar-refractivity contribution in [3.05, 3.63) is 28.8 Å². The fraction of sp³-hybridized carbons (Fsp3) is 0.667. The average Bonchev–Trinajstić information content (AvgIpc) is 3.01. The number of benzene rings is 1. The molecule has 0 saturated carbocycles. The van der Waals surface area contributed by atoms with E-state index >= 15 is 0 Å². The highest BCUT2D eigenvalue weighted by molar-refractivity contribution is 7.18. The minimum atomic E-state index is 0.272. The molecule has 2 saturated heterocycles. The monoisotopic (exact) mass is 357 g/mol. The molecular formula is C21H31N3S. The van der Waals surface area contributed by atoms with Crippen molar-refractivity contribution in [2.75, 3.05) is 20.1 Å². The predicted molar refractivity (Wildman–Crippen MR) is 107 cm³/mol. The Bertz CT molecular complexity index is 743. The first-order valence-corrected chi connectivity index (χ1v) is 10.6. The van der Waals surface area contributed by atoms with Crippen LogP contribution in [0.4, 0.5) is 0 Å². The van der Waals surface area contributed by atoms with Gasteiger partial charge in [-0.15, -0.1) is 11.3 Å². The molecule has 3 atom stereocenters. The summed E-state index contributed by atoms with van der Waals surface area (Å²) in [7, 11) is 2.25. The van der Waals surface area contributed by atoms with Crippen molar-refractivity contribution in [1.29, 1.82) is 0 Å². The molecule has 1 aromatic heterocycles. The van der Waals surface area contributed by atoms with Crippen LogP contribution >= 0.6 is 11.3 Å². The number of rotatable bonds is 2. The van der Waals surface area contributed by atoms with E-state index in [-0.39, 0.29) is 5.54 Å². The third kappa shape index (κ3) is 3.49. The van der Waals surface area contributed by atoms with Gasteiger partial charge >= 0.3 is 0 Å². The molecule has 0 aliphatic carbocycles. The second-order valence-corrected chi connectivity index (χ2v) is 9.91. The summed E-state index contributed by atoms with van der Waals surface area (Å²) in [5, 5.41) is 5.05. The van der Waals surface area contributed by atoms with E-state index in [0.717, 1.165) is 12.5 Å². The van der Waals surface area contributed by atoms with Crippen molar-refractivity contribution in [3.8, 4) is 0 Å². The first-order valence-electron chi connectivity index (χ1n) is 9.77. The lowest BCUT2D eigenvalue weighted by atomic mass is 9.83. The minimum absolute atomic E-state index is 0.272. The molecule has 1 N–H and O–H groups in total. The van der Waals surface area contributed by atoms with Crippen LogP contribution in [0.1, 0.15) is 69.0 Å². The quantitative estimate of drug-likeness (QED) is 0.825. The van der Waals surface area contributed by atoms with Crippen LogP contribution < -0.4 is 5.32 Å². The molecule has 2 fully saturated rings. The molecule has 0 spiro atoms. The summed E-state index contributed by atoms with van der Waals surface area (Å²) in [6.07, 6.45) is 5.00. The van der Waals surface area contributed by atoms with E-state index < -0.39 is 0 Å². The third-order valence-corrected chi connectivity index (χ3v) is 7.63. The van der Waals surface area contributed by atoms with Gasteiger partial charge in [-0.05, 0) is 83.3 Å². The molecule has 2 aliphatic rings. The summed E-state index contributed by atoms with van der Waals surface area (Å²) in [6, 6.07) is 7.46. The van der Waals surface area contributed by atoms with E-state index in [4.69, 9.17) is 4.98 Å². The molecule has 2 unspecified atom stereocenters. The Morgan fingerprint density at radius 1 is 1.24 bits per heavy atom. The molecule has 2 aliphatic heterocycles. The molecule has 0 radical (unpaired) electrons. The maximum atomic E-state index is 5.07. The highest BCUT2D eigenvalue weighted by Crippen LogP contribution is 2.40. The van der Waals surface area contributed by atoms with Crippen LogP contribution in [0.25, 0.3) is 10.2 Å². The maximum Gasteiger partial charge on any atom is 0.0970 e. The standard InChI is InChI=1S/C21H31N3S/c1-14-5-7-17(22-13-14)15-6-8-19-18(11-15)23-20(25-19)16-9-10-24(4)21(2,3)12-16/h6,8,11,14,16-17,22H,5,7,9-10,12-13H2,1-4H3/t14-,16?,17?/m0/s1. The summed E-state index contributed by atoms with van der Waals surface area (Å²) >= 11 is 1.91. The molecule has 0 amide bonds. The fourth-order valence-corrected chi connectivity index (χ4v) is 5.44. The van der Waals surface area contributed by atoms with Crippen LogP contribution in [0.2, 0.25) is 0 Å². The Morgan fingerprint density at radius 2 is 2.08 bits per heavy atom. The normalized spacial score (nSPS) is 30.6. The van der Waals surface area contributed by atoms with Gasteiger partial charge in [-0.3, -0.25) is 0 Å². The van der Waals surface area contributed by atoms with Crippen molar-refractivity contribution < 1.29 is 0 Å². The zero-order valence-electron chi connectivity index (χ0n) is 16.0. The van der Waals surface area contributed by atoms with Gasteiger partial charge in [0.2, 0.25) is 0 Å². The average molecular weight is 358 g/mol. The van der Waals surface area contributed by atoms with Crippen molar-refractivity contribution >= 4 is 21.6 Å². The first-order chi connectivity index (χ1) is 11.9. The number of nitrogens with zero attached hydrogens (tertiary/aromatic N) is 2. The van der Waals surface area contributed by atoms with E-state index in [1.807, 2.05) is 11.3 Å². The number of likely N-dealkylation sites (tertiary alicyclic amines) is 1. The van der Waals surface area contributed by atoms with Gasteiger partial charge in [-0.25, -0.2) is 4.98 Å². The highest BCUT2D eigenvalue weighted by Gasteiger charge is 2.34. The van der Waals surface area contributed by atoms with Crippen molar-refractivity contribution in [1.82, 2.24) is 15.2 Å². The molecule has 1 aromatic carbocycles. The number of fused-ring (bicyclic) bond motifs is 1. The summed E-state index contributed by atoms with van der Waals surface area (Å²) in [6.45, 7) is 9.36. The molecule has 2 aromatic rings. The zero-order chi connectivity index (χ0) is 17.6. The number of piperidine rings is 2. The lowest BCUT2D eigenvalue weighted by molar-refractivity contribution is 0.0942. The Labute approximate surface area is 155 Å². The van der Waals surface area contributed by atoms with Crippen LogP contribution in [-0.2, 0) is 0 Å². The van der Waals surface area contributed by atoms with Gasteiger partial charge in [0.25, 0.3) is 0 Å². The molecule has 136 valence electrons. The summed E-state index contributed by atoms with van der Waals surface area (Å²) in [5.74, 6) is 1.42. The lowest BCUT2D eigenvalue weighted by Gasteiger charge is -2.43. The fourth-order valence-electron chi connectivity index (χ4n) is 4.36. The van der Waals surface area contributed by atoms with Gasteiger partial charge < -0.3 is 10.2 Å². The Hall–Kier alpha value is -0.970. The van der Waals surface area contributed by atoms with Crippen LogP contribution in [0.15, 0.2) is 18.2 Å². The Balaban J connectivity index is 1.56. The van der Waals surface area contributed by atoms with E-state index in [2.05, 4.69) is 56.2 Å². The lowest BCUT2D eigenvalue weighted by Crippen LogP contribution is -2.46. The smallest absolute Gasteiger partial charge is 0.0970 e. The summed E-state index contributed by atoms with van der Waals surface area (Å²) in [5.41, 5.74) is 2.89. The van der Waals surface area contributed by atoms with E-state index in [0.29, 0.717) is 12.0 Å². The molecule has 25 heavy (non-hydrogen) atoms. The van der Waals surface area contributed by atoms with E-state index in [9.17, 15) is 0 Å². The van der Waals surface area contributed by atoms with Crippen LogP contribution in [0.5, 0.6) is 0 Å². The van der Waals surface area contributed by atoms with Gasteiger partial charge in [0, 0.05) is 17.5 Å². The first kappa shape index (κ1) is 17.4. The van der Waals surface area contributed by atoms with Gasteiger partial charge in [0.1, 0.15) is 0 Å². The third-order valence-electron chi connectivity index (χ3n) is 6.43. The SMILES string of the molecule is C[C@H]1CCC(c2ccc3sc(C4CCN(C)C(C)(C)C4)nc3c2)NC1. The maximum absolute atomic E-state index is 5.07. The van der Waals surface area contributed by atoms with E-state index in [1.165, 1.54) is 53.0 Å². The van der Waals surface area contributed by atoms with Crippen LogP contribution in [-0.4, -0.2) is 35.6 Å². The van der Waals surface area contributed by atoms with Crippen LogP contribution in [0, 0.1) is 5.92 Å². The summed E-state index contributed by atoms with van der Waals surface area (Å²) in [4.78, 5) is 7.56.